The molecule has 14 nitrogen and oxygen atoms in total. The molecule has 3 aromatic carbocycles. The summed E-state index contributed by atoms with van der Waals surface area (Å²) in [6, 6.07) is 17.0. The first-order chi connectivity index (χ1) is 26.8. The Bertz CT molecular complexity index is 2240. The standard InChI is InChI=1S/C39H37F3N8O6/c1-43-35(52)25-5-3-4-6-28(25)45-30-19-33(44-20-27(30)39(40,41)42)46-29-10-8-23(18-32(29)56-2)49-15-13-48(14-16-49)21-22-7-9-24-26(17-22)38(55)50(37(24)54)31-11-12-34(51)47-36(31)53/h3-10,17-20,31H,11-16,21H2,1-2H3,(H,43,52)(H2,44,45,46)(H,47,51,53). The molecule has 1 aromatic heterocycles. The molecule has 4 aromatic rings. The molecular formula is C39H37F3N8O6. The van der Waals surface area contributed by atoms with Crippen LogP contribution in [0.3, 0.4) is 0 Å². The monoisotopic (exact) mass is 770 g/mol. The lowest BCUT2D eigenvalue weighted by molar-refractivity contribution is -0.137. The number of fused-ring (bicyclic) bond motifs is 1. The fraction of sp³-hybridized carbons (Fsp3) is 0.282. The van der Waals surface area contributed by atoms with Gasteiger partial charge in [-0.25, -0.2) is 4.98 Å². The van der Waals surface area contributed by atoms with Gasteiger partial charge in [0.2, 0.25) is 11.8 Å². The van der Waals surface area contributed by atoms with Crippen LogP contribution in [0.4, 0.5) is 41.7 Å². The molecule has 0 radical (unpaired) electrons. The summed E-state index contributed by atoms with van der Waals surface area (Å²) in [4.78, 5) is 72.1. The number of carbonyl (C=O) groups excluding carboxylic acids is 5. The lowest BCUT2D eigenvalue weighted by atomic mass is 10.0. The highest BCUT2D eigenvalue weighted by Crippen LogP contribution is 2.39. The molecule has 0 spiro atoms. The number of alkyl halides is 3. The molecule has 4 heterocycles. The highest BCUT2D eigenvalue weighted by Gasteiger charge is 2.44. The fourth-order valence-corrected chi connectivity index (χ4v) is 7.08. The van der Waals surface area contributed by atoms with E-state index >= 15 is 0 Å². The van der Waals surface area contributed by atoms with Crippen molar-refractivity contribution in [1.82, 2.24) is 25.4 Å². The molecule has 7 rings (SSSR count). The number of hydrogen-bond donors (Lipinski definition) is 4. The SMILES string of the molecule is CNC(=O)c1ccccc1Nc1cc(Nc2ccc(N3CCN(Cc4ccc5c(c4)C(=O)N(C4CCC(=O)NC4=O)C5=O)CC3)cc2OC)ncc1C(F)(F)F. The number of para-hydroxylation sites is 1. The third-order valence-corrected chi connectivity index (χ3v) is 9.97. The van der Waals surface area contributed by atoms with Crippen molar-refractivity contribution in [2.24, 2.45) is 0 Å². The lowest BCUT2D eigenvalue weighted by Gasteiger charge is -2.36. The average molecular weight is 771 g/mol. The molecule has 2 fully saturated rings. The number of nitrogens with zero attached hydrogens (tertiary/aromatic N) is 4. The number of amides is 5. The Morgan fingerprint density at radius 3 is 2.36 bits per heavy atom. The molecule has 17 heteroatoms. The minimum Gasteiger partial charge on any atom is -0.494 e. The van der Waals surface area contributed by atoms with Crippen LogP contribution >= 0.6 is 0 Å². The third-order valence-electron chi connectivity index (χ3n) is 9.97. The topological polar surface area (TPSA) is 165 Å². The number of benzene rings is 3. The van der Waals surface area contributed by atoms with Crippen molar-refractivity contribution in [1.29, 1.82) is 0 Å². The van der Waals surface area contributed by atoms with Gasteiger partial charge in [0.05, 0.1) is 46.4 Å². The van der Waals surface area contributed by atoms with Gasteiger partial charge in [0.25, 0.3) is 17.7 Å². The normalized spacial score (nSPS) is 17.4. The molecule has 3 aliphatic rings. The summed E-state index contributed by atoms with van der Waals surface area (Å²) < 4.78 is 47.7. The zero-order chi connectivity index (χ0) is 39.7. The van der Waals surface area contributed by atoms with E-state index in [4.69, 9.17) is 4.74 Å². The number of hydrogen-bond acceptors (Lipinski definition) is 11. The number of carbonyl (C=O) groups is 5. The molecule has 1 unspecified atom stereocenters. The van der Waals surface area contributed by atoms with E-state index in [9.17, 15) is 37.1 Å². The second-order valence-corrected chi connectivity index (χ2v) is 13.5. The Morgan fingerprint density at radius 1 is 0.893 bits per heavy atom. The predicted octanol–water partition coefficient (Wildman–Crippen LogP) is 4.68. The average Bonchev–Trinajstić information content (AvgIpc) is 3.42. The predicted molar refractivity (Wildman–Crippen MR) is 199 cm³/mol. The van der Waals surface area contributed by atoms with E-state index in [0.717, 1.165) is 22.3 Å². The van der Waals surface area contributed by atoms with Gasteiger partial charge in [-0.3, -0.25) is 39.1 Å². The van der Waals surface area contributed by atoms with Crippen molar-refractivity contribution in [3.05, 3.63) is 101 Å². The van der Waals surface area contributed by atoms with Crippen LogP contribution in [-0.4, -0.2) is 90.7 Å². The first kappa shape index (κ1) is 37.8. The number of rotatable bonds is 10. The number of piperazine rings is 1. The van der Waals surface area contributed by atoms with Crippen molar-refractivity contribution in [3.8, 4) is 5.75 Å². The van der Waals surface area contributed by atoms with E-state index in [1.54, 1.807) is 36.4 Å². The molecule has 5 amide bonds. The number of methoxy groups -OCH3 is 1. The molecule has 2 saturated heterocycles. The van der Waals surface area contributed by atoms with Gasteiger partial charge in [-0.15, -0.1) is 0 Å². The van der Waals surface area contributed by atoms with E-state index in [1.165, 1.54) is 32.4 Å². The van der Waals surface area contributed by atoms with Gasteiger partial charge >= 0.3 is 6.18 Å². The first-order valence-corrected chi connectivity index (χ1v) is 17.8. The molecule has 3 aliphatic heterocycles. The maximum Gasteiger partial charge on any atom is 0.419 e. The van der Waals surface area contributed by atoms with Gasteiger partial charge < -0.3 is 25.6 Å². The van der Waals surface area contributed by atoms with E-state index in [2.05, 4.69) is 36.1 Å². The highest BCUT2D eigenvalue weighted by atomic mass is 19.4. The summed E-state index contributed by atoms with van der Waals surface area (Å²) in [7, 11) is 2.92. The fourth-order valence-electron chi connectivity index (χ4n) is 7.08. The minimum absolute atomic E-state index is 0.0489. The quantitative estimate of drug-likeness (QED) is 0.166. The number of ether oxygens (including phenoxy) is 1. The number of halogens is 3. The number of nitrogens with one attached hydrogen (secondary N) is 4. The lowest BCUT2D eigenvalue weighted by Crippen LogP contribution is -2.54. The summed E-state index contributed by atoms with van der Waals surface area (Å²) in [5, 5.41) is 10.5. The van der Waals surface area contributed by atoms with E-state index in [1.807, 2.05) is 12.1 Å². The molecular weight excluding hydrogens is 733 g/mol. The summed E-state index contributed by atoms with van der Waals surface area (Å²) in [5.41, 5.74) is 1.71. The molecule has 0 aliphatic carbocycles. The summed E-state index contributed by atoms with van der Waals surface area (Å²) >= 11 is 0. The molecule has 290 valence electrons. The molecule has 0 bridgehead atoms. The smallest absolute Gasteiger partial charge is 0.419 e. The van der Waals surface area contributed by atoms with Crippen LogP contribution in [0, 0.1) is 0 Å². The number of imide groups is 2. The van der Waals surface area contributed by atoms with Crippen LogP contribution in [0.25, 0.3) is 0 Å². The van der Waals surface area contributed by atoms with Gasteiger partial charge in [-0.05, 0) is 48.4 Å². The van der Waals surface area contributed by atoms with Gasteiger partial charge in [-0.1, -0.05) is 18.2 Å². The molecule has 4 N–H and O–H groups in total. The van der Waals surface area contributed by atoms with Crippen LogP contribution in [0.1, 0.15) is 55.0 Å². The van der Waals surface area contributed by atoms with Gasteiger partial charge in [0.15, 0.2) is 0 Å². The van der Waals surface area contributed by atoms with Crippen molar-refractivity contribution < 1.29 is 41.9 Å². The Morgan fingerprint density at radius 2 is 1.64 bits per heavy atom. The number of pyridine rings is 1. The largest absolute Gasteiger partial charge is 0.494 e. The minimum atomic E-state index is -4.72. The van der Waals surface area contributed by atoms with E-state index in [-0.39, 0.29) is 46.7 Å². The summed E-state index contributed by atoms with van der Waals surface area (Å²) in [6.45, 7) is 3.22. The van der Waals surface area contributed by atoms with Gasteiger partial charge in [0.1, 0.15) is 17.6 Å². The van der Waals surface area contributed by atoms with Gasteiger partial charge in [-0.2, -0.15) is 13.2 Å². The van der Waals surface area contributed by atoms with E-state index < -0.39 is 47.3 Å². The van der Waals surface area contributed by atoms with Crippen molar-refractivity contribution in [3.63, 3.8) is 0 Å². The van der Waals surface area contributed by atoms with Crippen molar-refractivity contribution in [2.45, 2.75) is 31.6 Å². The summed E-state index contributed by atoms with van der Waals surface area (Å²) in [5.74, 6) is -2.09. The Hall–Kier alpha value is -6.49. The van der Waals surface area contributed by atoms with Crippen LogP contribution in [0.2, 0.25) is 0 Å². The second-order valence-electron chi connectivity index (χ2n) is 13.5. The maximum atomic E-state index is 14.0. The zero-order valence-electron chi connectivity index (χ0n) is 30.3. The van der Waals surface area contributed by atoms with Crippen LogP contribution in [-0.2, 0) is 22.3 Å². The maximum absolute atomic E-state index is 14.0. The van der Waals surface area contributed by atoms with Crippen LogP contribution < -0.4 is 30.9 Å². The number of piperidine rings is 1. The van der Waals surface area contributed by atoms with Crippen LogP contribution in [0.15, 0.2) is 72.9 Å². The van der Waals surface area contributed by atoms with Crippen molar-refractivity contribution >= 4 is 58.1 Å². The highest BCUT2D eigenvalue weighted by molar-refractivity contribution is 6.23. The Kier molecular flexibility index (Phi) is 10.4. The van der Waals surface area contributed by atoms with Gasteiger partial charge in [0, 0.05) is 70.2 Å². The van der Waals surface area contributed by atoms with Crippen molar-refractivity contribution in [2.75, 3.05) is 55.9 Å². The number of aromatic nitrogens is 1. The molecule has 0 saturated carbocycles. The summed E-state index contributed by atoms with van der Waals surface area (Å²) in [6.07, 6.45) is -3.86. The third kappa shape index (κ3) is 7.57. The Labute approximate surface area is 319 Å². The van der Waals surface area contributed by atoms with E-state index in [0.29, 0.717) is 44.2 Å². The first-order valence-electron chi connectivity index (χ1n) is 17.8. The number of anilines is 5. The second kappa shape index (κ2) is 15.3. The zero-order valence-corrected chi connectivity index (χ0v) is 30.3. The van der Waals surface area contributed by atoms with Crippen LogP contribution in [0.5, 0.6) is 5.75 Å². The Balaban J connectivity index is 1.00. The molecule has 56 heavy (non-hydrogen) atoms. The molecule has 1 atom stereocenters.